The molecule has 0 bridgehead atoms. The molecule has 136 valence electrons. The Hall–Kier alpha value is -1.79. The summed E-state index contributed by atoms with van der Waals surface area (Å²) in [6, 6.07) is 0.302. The number of hydrogen-bond acceptors (Lipinski definition) is 4. The SMILES string of the molecule is CCOC(=O)N1CCN(C(=O)CCN(C(C)=O)C2CCCC2)CC1. The molecule has 7 nitrogen and oxygen atoms in total. The van der Waals surface area contributed by atoms with Crippen LogP contribution in [0.25, 0.3) is 0 Å². The molecule has 0 aromatic rings. The van der Waals surface area contributed by atoms with E-state index in [1.807, 2.05) is 4.90 Å². The number of amides is 3. The first-order chi connectivity index (χ1) is 11.5. The van der Waals surface area contributed by atoms with Gasteiger partial charge in [0.15, 0.2) is 0 Å². The molecule has 0 unspecified atom stereocenters. The van der Waals surface area contributed by atoms with Crippen LogP contribution in [0.5, 0.6) is 0 Å². The molecule has 2 rings (SSSR count). The zero-order chi connectivity index (χ0) is 17.5. The summed E-state index contributed by atoms with van der Waals surface area (Å²) < 4.78 is 4.98. The average molecular weight is 339 g/mol. The number of ether oxygens (including phenoxy) is 1. The van der Waals surface area contributed by atoms with E-state index in [1.165, 1.54) is 0 Å². The smallest absolute Gasteiger partial charge is 0.409 e. The maximum Gasteiger partial charge on any atom is 0.409 e. The van der Waals surface area contributed by atoms with Crippen molar-refractivity contribution >= 4 is 17.9 Å². The molecule has 2 fully saturated rings. The van der Waals surface area contributed by atoms with Crippen molar-refractivity contribution in [2.24, 2.45) is 0 Å². The molecule has 0 aromatic heterocycles. The minimum atomic E-state index is -0.311. The molecule has 3 amide bonds. The van der Waals surface area contributed by atoms with Gasteiger partial charge >= 0.3 is 6.09 Å². The Morgan fingerprint density at radius 3 is 2.17 bits per heavy atom. The number of hydrogen-bond donors (Lipinski definition) is 0. The molecule has 7 heteroatoms. The van der Waals surface area contributed by atoms with E-state index in [0.717, 1.165) is 25.7 Å². The molecular formula is C17H29N3O4. The molecule has 0 radical (unpaired) electrons. The van der Waals surface area contributed by atoms with Crippen LogP contribution in [0.3, 0.4) is 0 Å². The third-order valence-electron chi connectivity index (χ3n) is 4.89. The predicted molar refractivity (Wildman–Crippen MR) is 89.4 cm³/mol. The summed E-state index contributed by atoms with van der Waals surface area (Å²) in [6.45, 7) is 6.29. The van der Waals surface area contributed by atoms with Gasteiger partial charge in [-0.05, 0) is 19.8 Å². The van der Waals surface area contributed by atoms with Crippen molar-refractivity contribution in [1.82, 2.24) is 14.7 Å². The van der Waals surface area contributed by atoms with Gasteiger partial charge < -0.3 is 19.4 Å². The van der Waals surface area contributed by atoms with E-state index in [2.05, 4.69) is 0 Å². The van der Waals surface area contributed by atoms with Crippen LogP contribution in [-0.4, -0.2) is 78.0 Å². The number of nitrogens with zero attached hydrogens (tertiary/aromatic N) is 3. The van der Waals surface area contributed by atoms with Gasteiger partial charge in [0.25, 0.3) is 0 Å². The first-order valence-corrected chi connectivity index (χ1v) is 8.99. The van der Waals surface area contributed by atoms with Gasteiger partial charge in [0.2, 0.25) is 11.8 Å². The summed E-state index contributed by atoms with van der Waals surface area (Å²) >= 11 is 0. The second kappa shape index (κ2) is 8.89. The number of piperazine rings is 1. The molecular weight excluding hydrogens is 310 g/mol. The van der Waals surface area contributed by atoms with E-state index in [1.54, 1.807) is 23.6 Å². The largest absolute Gasteiger partial charge is 0.450 e. The van der Waals surface area contributed by atoms with Crippen LogP contribution in [0.2, 0.25) is 0 Å². The van der Waals surface area contributed by atoms with Crippen molar-refractivity contribution < 1.29 is 19.1 Å². The van der Waals surface area contributed by atoms with Crippen LogP contribution < -0.4 is 0 Å². The zero-order valence-electron chi connectivity index (χ0n) is 14.8. The summed E-state index contributed by atoms with van der Waals surface area (Å²) in [6.07, 6.45) is 4.47. The van der Waals surface area contributed by atoms with Crippen molar-refractivity contribution in [2.75, 3.05) is 39.3 Å². The molecule has 1 saturated carbocycles. The second-order valence-electron chi connectivity index (χ2n) is 6.47. The number of rotatable bonds is 5. The van der Waals surface area contributed by atoms with E-state index < -0.39 is 0 Å². The van der Waals surface area contributed by atoms with E-state index in [9.17, 15) is 14.4 Å². The molecule has 0 aromatic carbocycles. The van der Waals surface area contributed by atoms with Crippen molar-refractivity contribution in [1.29, 1.82) is 0 Å². The van der Waals surface area contributed by atoms with Gasteiger partial charge in [-0.25, -0.2) is 4.79 Å². The Morgan fingerprint density at radius 2 is 1.62 bits per heavy atom. The second-order valence-corrected chi connectivity index (χ2v) is 6.47. The van der Waals surface area contributed by atoms with Gasteiger partial charge in [-0.1, -0.05) is 12.8 Å². The zero-order valence-corrected chi connectivity index (χ0v) is 14.8. The lowest BCUT2D eigenvalue weighted by molar-refractivity contribution is -0.135. The van der Waals surface area contributed by atoms with Crippen molar-refractivity contribution in [3.63, 3.8) is 0 Å². The quantitative estimate of drug-likeness (QED) is 0.760. The Morgan fingerprint density at radius 1 is 1.04 bits per heavy atom. The molecule has 0 N–H and O–H groups in total. The third-order valence-corrected chi connectivity index (χ3v) is 4.89. The highest BCUT2D eigenvalue weighted by Crippen LogP contribution is 2.23. The van der Waals surface area contributed by atoms with Gasteiger partial charge in [0.05, 0.1) is 6.61 Å². The Balaban J connectivity index is 1.76. The highest BCUT2D eigenvalue weighted by atomic mass is 16.6. The maximum atomic E-state index is 12.4. The average Bonchev–Trinajstić information content (AvgIpc) is 3.09. The lowest BCUT2D eigenvalue weighted by atomic mass is 10.2. The Bertz CT molecular complexity index is 455. The Kier molecular flexibility index (Phi) is 6.87. The fourth-order valence-corrected chi connectivity index (χ4v) is 3.54. The lowest BCUT2D eigenvalue weighted by Crippen LogP contribution is -2.51. The number of carbonyl (C=O) groups excluding carboxylic acids is 3. The molecule has 0 spiro atoms. The van der Waals surface area contributed by atoms with E-state index in [-0.39, 0.29) is 17.9 Å². The first kappa shape index (κ1) is 18.5. The molecule has 2 aliphatic rings. The van der Waals surface area contributed by atoms with Crippen LogP contribution >= 0.6 is 0 Å². The minimum absolute atomic E-state index is 0.0573. The molecule has 1 saturated heterocycles. The van der Waals surface area contributed by atoms with Crippen LogP contribution in [0, 0.1) is 0 Å². The normalized spacial score (nSPS) is 18.6. The number of carbonyl (C=O) groups is 3. The monoisotopic (exact) mass is 339 g/mol. The molecule has 1 aliphatic carbocycles. The van der Waals surface area contributed by atoms with Crippen molar-refractivity contribution in [3.05, 3.63) is 0 Å². The van der Waals surface area contributed by atoms with E-state index >= 15 is 0 Å². The predicted octanol–water partition coefficient (Wildman–Crippen LogP) is 1.47. The van der Waals surface area contributed by atoms with Crippen LogP contribution in [0.4, 0.5) is 4.79 Å². The highest BCUT2D eigenvalue weighted by Gasteiger charge is 2.27. The van der Waals surface area contributed by atoms with Gasteiger partial charge in [-0.15, -0.1) is 0 Å². The fourth-order valence-electron chi connectivity index (χ4n) is 3.54. The standard InChI is InChI=1S/C17H29N3O4/c1-3-24-17(23)19-12-10-18(11-13-19)16(22)8-9-20(14(2)21)15-6-4-5-7-15/h15H,3-13H2,1-2H3. The molecule has 24 heavy (non-hydrogen) atoms. The molecule has 1 aliphatic heterocycles. The van der Waals surface area contributed by atoms with E-state index in [0.29, 0.717) is 51.8 Å². The van der Waals surface area contributed by atoms with Gasteiger partial charge in [-0.3, -0.25) is 9.59 Å². The van der Waals surface area contributed by atoms with Crippen LogP contribution in [0.1, 0.15) is 46.0 Å². The molecule has 0 atom stereocenters. The topological polar surface area (TPSA) is 70.2 Å². The van der Waals surface area contributed by atoms with Crippen molar-refractivity contribution in [3.8, 4) is 0 Å². The van der Waals surface area contributed by atoms with Gasteiger partial charge in [0, 0.05) is 52.1 Å². The van der Waals surface area contributed by atoms with E-state index in [4.69, 9.17) is 4.74 Å². The third kappa shape index (κ3) is 4.85. The summed E-state index contributed by atoms with van der Waals surface area (Å²) in [5.41, 5.74) is 0. The van der Waals surface area contributed by atoms with Gasteiger partial charge in [-0.2, -0.15) is 0 Å². The fraction of sp³-hybridized carbons (Fsp3) is 0.824. The molecule has 1 heterocycles. The lowest BCUT2D eigenvalue weighted by Gasteiger charge is -2.35. The van der Waals surface area contributed by atoms with Crippen LogP contribution in [0.15, 0.2) is 0 Å². The Labute approximate surface area is 143 Å². The minimum Gasteiger partial charge on any atom is -0.450 e. The van der Waals surface area contributed by atoms with Crippen LogP contribution in [-0.2, 0) is 14.3 Å². The summed E-state index contributed by atoms with van der Waals surface area (Å²) in [5, 5.41) is 0. The van der Waals surface area contributed by atoms with Gasteiger partial charge in [0.1, 0.15) is 0 Å². The highest BCUT2D eigenvalue weighted by molar-refractivity contribution is 5.78. The maximum absolute atomic E-state index is 12.4. The van der Waals surface area contributed by atoms with Crippen molar-refractivity contribution in [2.45, 2.75) is 52.0 Å². The first-order valence-electron chi connectivity index (χ1n) is 8.99. The summed E-state index contributed by atoms with van der Waals surface area (Å²) in [4.78, 5) is 41.2. The summed E-state index contributed by atoms with van der Waals surface area (Å²) in [7, 11) is 0. The summed E-state index contributed by atoms with van der Waals surface area (Å²) in [5.74, 6) is 0.115.